The predicted molar refractivity (Wildman–Crippen MR) is 90.1 cm³/mol. The maximum Gasteiger partial charge on any atom is 0.277 e. The van der Waals surface area contributed by atoms with E-state index in [-0.39, 0.29) is 12.5 Å². The molecule has 0 saturated carbocycles. The quantitative estimate of drug-likeness (QED) is 0.659. The monoisotopic (exact) mass is 312 g/mol. The third-order valence-corrected chi connectivity index (χ3v) is 3.34. The lowest BCUT2D eigenvalue weighted by Gasteiger charge is -2.07. The van der Waals surface area contributed by atoms with Crippen molar-refractivity contribution in [1.82, 2.24) is 5.43 Å². The summed E-state index contributed by atoms with van der Waals surface area (Å²) in [7, 11) is 1.60. The maximum absolute atomic E-state index is 11.7. The molecule has 1 amide bonds. The Morgan fingerprint density at radius 2 is 1.96 bits per heavy atom. The van der Waals surface area contributed by atoms with Crippen molar-refractivity contribution in [3.8, 4) is 11.5 Å². The van der Waals surface area contributed by atoms with Crippen molar-refractivity contribution in [3.63, 3.8) is 0 Å². The van der Waals surface area contributed by atoms with E-state index in [1.165, 1.54) is 5.56 Å². The van der Waals surface area contributed by atoms with Crippen molar-refractivity contribution < 1.29 is 14.3 Å². The van der Waals surface area contributed by atoms with Gasteiger partial charge in [-0.2, -0.15) is 5.10 Å². The van der Waals surface area contributed by atoms with Crippen LogP contribution in [0.2, 0.25) is 0 Å². The van der Waals surface area contributed by atoms with Crippen LogP contribution >= 0.6 is 0 Å². The smallest absolute Gasteiger partial charge is 0.277 e. The average molecular weight is 312 g/mol. The van der Waals surface area contributed by atoms with Crippen molar-refractivity contribution in [2.45, 2.75) is 13.8 Å². The maximum atomic E-state index is 11.7. The van der Waals surface area contributed by atoms with E-state index >= 15 is 0 Å². The molecule has 0 spiro atoms. The van der Waals surface area contributed by atoms with Gasteiger partial charge in [0.15, 0.2) is 6.61 Å². The van der Waals surface area contributed by atoms with E-state index in [4.69, 9.17) is 9.47 Å². The van der Waals surface area contributed by atoms with Crippen LogP contribution in [-0.2, 0) is 4.79 Å². The summed E-state index contributed by atoms with van der Waals surface area (Å²) in [5.74, 6) is 1.08. The Balaban J connectivity index is 1.82. The first kappa shape index (κ1) is 16.5. The summed E-state index contributed by atoms with van der Waals surface area (Å²) in [5, 5.41) is 3.90. The van der Waals surface area contributed by atoms with E-state index in [9.17, 15) is 4.79 Å². The highest BCUT2D eigenvalue weighted by Crippen LogP contribution is 2.16. The Morgan fingerprint density at radius 1 is 1.13 bits per heavy atom. The third kappa shape index (κ3) is 5.14. The van der Waals surface area contributed by atoms with Gasteiger partial charge in [0.2, 0.25) is 0 Å². The normalized spacial score (nSPS) is 10.6. The van der Waals surface area contributed by atoms with Gasteiger partial charge in [0.1, 0.15) is 11.5 Å². The van der Waals surface area contributed by atoms with E-state index in [1.54, 1.807) is 13.3 Å². The molecule has 0 aliphatic heterocycles. The SMILES string of the molecule is COc1cccc(/C=N\NC(=O)COc2ccc(C)c(C)c2)c1. The third-order valence-electron chi connectivity index (χ3n) is 3.34. The fourth-order valence-corrected chi connectivity index (χ4v) is 1.89. The number of methoxy groups -OCH3 is 1. The van der Waals surface area contributed by atoms with Crippen LogP contribution in [0.1, 0.15) is 16.7 Å². The molecular formula is C18H20N2O3. The van der Waals surface area contributed by atoms with Crippen LogP contribution in [0.5, 0.6) is 11.5 Å². The number of benzene rings is 2. The zero-order chi connectivity index (χ0) is 16.7. The molecule has 1 N–H and O–H groups in total. The molecule has 5 heteroatoms. The number of carbonyl (C=O) groups is 1. The molecule has 5 nitrogen and oxygen atoms in total. The zero-order valence-corrected chi connectivity index (χ0v) is 13.5. The van der Waals surface area contributed by atoms with Crippen LogP contribution in [0.15, 0.2) is 47.6 Å². The van der Waals surface area contributed by atoms with Crippen LogP contribution in [0.3, 0.4) is 0 Å². The summed E-state index contributed by atoms with van der Waals surface area (Å²) in [6.45, 7) is 3.94. The second-order valence-electron chi connectivity index (χ2n) is 5.10. The first-order valence-electron chi connectivity index (χ1n) is 7.24. The summed E-state index contributed by atoms with van der Waals surface area (Å²) in [6.07, 6.45) is 1.55. The fraction of sp³-hybridized carbons (Fsp3) is 0.222. The standard InChI is InChI=1S/C18H20N2O3/c1-13-7-8-17(9-14(13)2)23-12-18(21)20-19-11-15-5-4-6-16(10-15)22-3/h4-11H,12H2,1-3H3,(H,20,21)/b19-11-. The predicted octanol–water partition coefficient (Wildman–Crippen LogP) is 2.84. The molecule has 0 atom stereocenters. The molecular weight excluding hydrogens is 292 g/mol. The van der Waals surface area contributed by atoms with Crippen molar-refractivity contribution in [3.05, 3.63) is 59.2 Å². The van der Waals surface area contributed by atoms with E-state index < -0.39 is 0 Å². The molecule has 0 aliphatic carbocycles. The first-order valence-corrected chi connectivity index (χ1v) is 7.24. The molecule has 0 unspecified atom stereocenters. The number of hydrogen-bond donors (Lipinski definition) is 1. The number of nitrogens with zero attached hydrogens (tertiary/aromatic N) is 1. The zero-order valence-electron chi connectivity index (χ0n) is 13.5. The van der Waals surface area contributed by atoms with Gasteiger partial charge in [0.05, 0.1) is 13.3 Å². The Kier molecular flexibility index (Phi) is 5.74. The highest BCUT2D eigenvalue weighted by molar-refractivity contribution is 5.83. The summed E-state index contributed by atoms with van der Waals surface area (Å²) < 4.78 is 10.6. The number of nitrogens with one attached hydrogen (secondary N) is 1. The van der Waals surface area contributed by atoms with Crippen LogP contribution in [0.4, 0.5) is 0 Å². The Hall–Kier alpha value is -2.82. The Bertz CT molecular complexity index is 711. The van der Waals surface area contributed by atoms with Crippen LogP contribution in [0.25, 0.3) is 0 Å². The summed E-state index contributed by atoms with van der Waals surface area (Å²) >= 11 is 0. The Labute approximate surface area is 135 Å². The van der Waals surface area contributed by atoms with Gasteiger partial charge in [-0.25, -0.2) is 5.43 Å². The molecule has 120 valence electrons. The minimum atomic E-state index is -0.317. The van der Waals surface area contributed by atoms with Crippen molar-refractivity contribution >= 4 is 12.1 Å². The lowest BCUT2D eigenvalue weighted by atomic mass is 10.1. The molecule has 0 bridgehead atoms. The van der Waals surface area contributed by atoms with E-state index in [1.807, 2.05) is 56.3 Å². The number of aryl methyl sites for hydroxylation is 2. The van der Waals surface area contributed by atoms with Gasteiger partial charge in [-0.15, -0.1) is 0 Å². The van der Waals surface area contributed by atoms with E-state index in [2.05, 4.69) is 10.5 Å². The largest absolute Gasteiger partial charge is 0.497 e. The number of amides is 1. The lowest BCUT2D eigenvalue weighted by molar-refractivity contribution is -0.123. The minimum absolute atomic E-state index is 0.0854. The van der Waals surface area contributed by atoms with Crippen molar-refractivity contribution in [2.24, 2.45) is 5.10 Å². The molecule has 2 aromatic carbocycles. The minimum Gasteiger partial charge on any atom is -0.497 e. The van der Waals surface area contributed by atoms with Gasteiger partial charge in [-0.05, 0) is 54.8 Å². The van der Waals surface area contributed by atoms with Crippen LogP contribution in [-0.4, -0.2) is 25.8 Å². The summed E-state index contributed by atoms with van der Waals surface area (Å²) in [6, 6.07) is 13.1. The van der Waals surface area contributed by atoms with Gasteiger partial charge in [0, 0.05) is 0 Å². The van der Waals surface area contributed by atoms with Crippen LogP contribution < -0.4 is 14.9 Å². The van der Waals surface area contributed by atoms with Gasteiger partial charge in [-0.1, -0.05) is 18.2 Å². The molecule has 0 aliphatic rings. The van der Waals surface area contributed by atoms with Gasteiger partial charge >= 0.3 is 0 Å². The number of carbonyl (C=O) groups excluding carboxylic acids is 1. The molecule has 2 rings (SSSR count). The Morgan fingerprint density at radius 3 is 2.70 bits per heavy atom. The first-order chi connectivity index (χ1) is 11.1. The molecule has 23 heavy (non-hydrogen) atoms. The number of hydrogen-bond acceptors (Lipinski definition) is 4. The van der Waals surface area contributed by atoms with Crippen molar-refractivity contribution in [2.75, 3.05) is 13.7 Å². The highest BCUT2D eigenvalue weighted by Gasteiger charge is 2.02. The summed E-state index contributed by atoms with van der Waals surface area (Å²) in [5.41, 5.74) is 5.57. The topological polar surface area (TPSA) is 59.9 Å². The number of hydrazone groups is 1. The second kappa shape index (κ2) is 7.98. The van der Waals surface area contributed by atoms with Gasteiger partial charge in [-0.3, -0.25) is 4.79 Å². The molecule has 2 aromatic rings. The second-order valence-corrected chi connectivity index (χ2v) is 5.10. The molecule has 0 saturated heterocycles. The molecule has 0 heterocycles. The number of rotatable bonds is 6. The number of ether oxygens (including phenoxy) is 2. The average Bonchev–Trinajstić information content (AvgIpc) is 2.56. The molecule has 0 radical (unpaired) electrons. The van der Waals surface area contributed by atoms with Crippen molar-refractivity contribution in [1.29, 1.82) is 0 Å². The van der Waals surface area contributed by atoms with E-state index in [0.717, 1.165) is 16.9 Å². The van der Waals surface area contributed by atoms with Gasteiger partial charge < -0.3 is 9.47 Å². The highest BCUT2D eigenvalue weighted by atomic mass is 16.5. The molecule has 0 aromatic heterocycles. The molecule has 0 fully saturated rings. The van der Waals surface area contributed by atoms with Gasteiger partial charge in [0.25, 0.3) is 5.91 Å². The van der Waals surface area contributed by atoms with Crippen LogP contribution in [0, 0.1) is 13.8 Å². The van der Waals surface area contributed by atoms with E-state index in [0.29, 0.717) is 5.75 Å². The fourth-order valence-electron chi connectivity index (χ4n) is 1.89. The summed E-state index contributed by atoms with van der Waals surface area (Å²) in [4.78, 5) is 11.7. The lowest BCUT2D eigenvalue weighted by Crippen LogP contribution is -2.24.